The van der Waals surface area contributed by atoms with Crippen molar-refractivity contribution in [2.24, 2.45) is 0 Å². The van der Waals surface area contributed by atoms with Gasteiger partial charge >= 0.3 is 0 Å². The van der Waals surface area contributed by atoms with E-state index in [-0.39, 0.29) is 35.8 Å². The Bertz CT molecular complexity index is 789. The highest BCUT2D eigenvalue weighted by Gasteiger charge is 2.34. The minimum atomic E-state index is -3.08. The molecule has 1 heterocycles. The Kier molecular flexibility index (Phi) is 7.24. The van der Waals surface area contributed by atoms with Crippen molar-refractivity contribution in [1.82, 2.24) is 4.90 Å². The highest BCUT2D eigenvalue weighted by atomic mass is 32.2. The number of hydrogen-bond acceptors (Lipinski definition) is 6. The van der Waals surface area contributed by atoms with Crippen molar-refractivity contribution in [2.45, 2.75) is 39.2 Å². The first kappa shape index (κ1) is 21.2. The molecule has 150 valence electrons. The summed E-state index contributed by atoms with van der Waals surface area (Å²) in [7, 11) is -1.61. The second-order valence-electron chi connectivity index (χ2n) is 6.71. The van der Waals surface area contributed by atoms with E-state index in [2.05, 4.69) is 0 Å². The van der Waals surface area contributed by atoms with Gasteiger partial charge in [0, 0.05) is 18.2 Å². The van der Waals surface area contributed by atoms with Crippen LogP contribution in [0.2, 0.25) is 0 Å². The molecule has 0 bridgehead atoms. The van der Waals surface area contributed by atoms with Gasteiger partial charge in [-0.3, -0.25) is 9.59 Å². The summed E-state index contributed by atoms with van der Waals surface area (Å²) < 4.78 is 34.4. The fourth-order valence-electron chi connectivity index (χ4n) is 3.09. The molecule has 1 aliphatic rings. The van der Waals surface area contributed by atoms with Crippen molar-refractivity contribution in [3.05, 3.63) is 23.8 Å². The first-order valence-corrected chi connectivity index (χ1v) is 10.9. The van der Waals surface area contributed by atoms with Gasteiger partial charge in [-0.25, -0.2) is 8.42 Å². The zero-order valence-corrected chi connectivity index (χ0v) is 16.9. The lowest BCUT2D eigenvalue weighted by atomic mass is 10.1. The second-order valence-corrected chi connectivity index (χ2v) is 8.94. The van der Waals surface area contributed by atoms with Crippen molar-refractivity contribution in [1.29, 1.82) is 0 Å². The number of Topliss-reactive ketones (excluding diaryl/α,β-unsaturated/α-hetero) is 1. The Hall–Kier alpha value is -2.09. The lowest BCUT2D eigenvalue weighted by molar-refractivity contribution is -0.135. The van der Waals surface area contributed by atoms with Crippen LogP contribution in [0, 0.1) is 0 Å². The molecule has 1 saturated heterocycles. The molecule has 0 radical (unpaired) electrons. The summed E-state index contributed by atoms with van der Waals surface area (Å²) in [6.07, 6.45) is 2.18. The summed E-state index contributed by atoms with van der Waals surface area (Å²) in [6.45, 7) is 3.78. The number of sulfone groups is 1. The zero-order chi connectivity index (χ0) is 20.0. The van der Waals surface area contributed by atoms with E-state index in [0.717, 1.165) is 12.8 Å². The molecule has 0 saturated carbocycles. The van der Waals surface area contributed by atoms with Crippen molar-refractivity contribution in [2.75, 3.05) is 31.8 Å². The third-order valence-electron chi connectivity index (χ3n) is 4.64. The number of ether oxygens (including phenoxy) is 2. The maximum Gasteiger partial charge on any atom is 0.260 e. The van der Waals surface area contributed by atoms with Crippen LogP contribution >= 0.6 is 0 Å². The number of ketones is 1. The monoisotopic (exact) mass is 397 g/mol. The summed E-state index contributed by atoms with van der Waals surface area (Å²) in [4.78, 5) is 25.8. The molecule has 0 N–H and O–H groups in total. The van der Waals surface area contributed by atoms with Gasteiger partial charge in [0.2, 0.25) is 0 Å². The highest BCUT2D eigenvalue weighted by molar-refractivity contribution is 7.91. The standard InChI is InChI=1S/C19H27NO6S/c1-4-5-9-20(16-8-10-27(23,24)13-16)19(22)12-26-17-7-6-15(14(2)21)11-18(17)25-3/h6-7,11,16H,4-5,8-10,12-13H2,1-3H3. The number of amides is 1. The minimum absolute atomic E-state index is 0.0130. The molecule has 1 atom stereocenters. The molecule has 0 spiro atoms. The third kappa shape index (κ3) is 5.69. The van der Waals surface area contributed by atoms with E-state index >= 15 is 0 Å². The van der Waals surface area contributed by atoms with Crippen LogP contribution in [0.1, 0.15) is 43.5 Å². The Morgan fingerprint density at radius 1 is 1.26 bits per heavy atom. The van der Waals surface area contributed by atoms with E-state index in [9.17, 15) is 18.0 Å². The van der Waals surface area contributed by atoms with E-state index in [4.69, 9.17) is 9.47 Å². The molecular weight excluding hydrogens is 370 g/mol. The molecule has 1 fully saturated rings. The van der Waals surface area contributed by atoms with Gasteiger partial charge in [-0.1, -0.05) is 13.3 Å². The quantitative estimate of drug-likeness (QED) is 0.593. The molecule has 1 aliphatic heterocycles. The normalized spacial score (nSPS) is 18.1. The summed E-state index contributed by atoms with van der Waals surface area (Å²) in [5.41, 5.74) is 0.492. The van der Waals surface area contributed by atoms with E-state index in [1.54, 1.807) is 23.1 Å². The van der Waals surface area contributed by atoms with Crippen LogP contribution in [0.5, 0.6) is 11.5 Å². The minimum Gasteiger partial charge on any atom is -0.493 e. The lowest BCUT2D eigenvalue weighted by Crippen LogP contribution is -2.44. The van der Waals surface area contributed by atoms with Crippen molar-refractivity contribution < 1.29 is 27.5 Å². The molecule has 0 aromatic heterocycles. The van der Waals surface area contributed by atoms with Gasteiger partial charge < -0.3 is 14.4 Å². The van der Waals surface area contributed by atoms with Crippen LogP contribution in [0.4, 0.5) is 0 Å². The maximum atomic E-state index is 12.7. The van der Waals surface area contributed by atoms with Gasteiger partial charge in [0.15, 0.2) is 33.7 Å². The van der Waals surface area contributed by atoms with E-state index in [1.807, 2.05) is 6.92 Å². The molecule has 1 unspecified atom stereocenters. The van der Waals surface area contributed by atoms with Gasteiger partial charge in [0.05, 0.1) is 18.6 Å². The Balaban J connectivity index is 2.08. The van der Waals surface area contributed by atoms with Crippen LogP contribution in [-0.4, -0.2) is 62.8 Å². The van der Waals surface area contributed by atoms with Crippen LogP contribution in [0.25, 0.3) is 0 Å². The van der Waals surface area contributed by atoms with E-state index in [1.165, 1.54) is 14.0 Å². The number of hydrogen-bond donors (Lipinski definition) is 0. The number of nitrogens with zero attached hydrogens (tertiary/aromatic N) is 1. The predicted octanol–water partition coefficient (Wildman–Crippen LogP) is 2.09. The molecular formula is C19H27NO6S. The smallest absolute Gasteiger partial charge is 0.260 e. The molecule has 1 aromatic carbocycles. The molecule has 1 aromatic rings. The lowest BCUT2D eigenvalue weighted by Gasteiger charge is -2.28. The topological polar surface area (TPSA) is 90.0 Å². The van der Waals surface area contributed by atoms with Gasteiger partial charge in [-0.15, -0.1) is 0 Å². The number of carbonyl (C=O) groups excluding carboxylic acids is 2. The number of methoxy groups -OCH3 is 1. The molecule has 1 amide bonds. The van der Waals surface area contributed by atoms with Crippen molar-refractivity contribution in [3.63, 3.8) is 0 Å². The second kappa shape index (κ2) is 9.21. The molecule has 7 nitrogen and oxygen atoms in total. The molecule has 27 heavy (non-hydrogen) atoms. The molecule has 0 aliphatic carbocycles. The summed E-state index contributed by atoms with van der Waals surface area (Å²) >= 11 is 0. The fraction of sp³-hybridized carbons (Fsp3) is 0.579. The first-order chi connectivity index (χ1) is 12.8. The predicted molar refractivity (Wildman–Crippen MR) is 102 cm³/mol. The van der Waals surface area contributed by atoms with Crippen LogP contribution in [-0.2, 0) is 14.6 Å². The Labute approximate surface area is 160 Å². The van der Waals surface area contributed by atoms with Gasteiger partial charge in [0.25, 0.3) is 5.91 Å². The highest BCUT2D eigenvalue weighted by Crippen LogP contribution is 2.28. The number of benzene rings is 1. The van der Waals surface area contributed by atoms with Crippen molar-refractivity contribution in [3.8, 4) is 11.5 Å². The molecule has 2 rings (SSSR count). The summed E-state index contributed by atoms with van der Waals surface area (Å²) in [6, 6.07) is 4.49. The Morgan fingerprint density at radius 3 is 2.56 bits per heavy atom. The van der Waals surface area contributed by atoms with Gasteiger partial charge in [-0.2, -0.15) is 0 Å². The fourth-order valence-corrected chi connectivity index (χ4v) is 4.82. The van der Waals surface area contributed by atoms with E-state index < -0.39 is 9.84 Å². The van der Waals surface area contributed by atoms with Crippen LogP contribution in [0.15, 0.2) is 18.2 Å². The van der Waals surface area contributed by atoms with Crippen LogP contribution < -0.4 is 9.47 Å². The Morgan fingerprint density at radius 2 is 2.00 bits per heavy atom. The number of rotatable bonds is 9. The van der Waals surface area contributed by atoms with Gasteiger partial charge in [-0.05, 0) is 38.0 Å². The average molecular weight is 397 g/mol. The summed E-state index contributed by atoms with van der Waals surface area (Å²) in [5.74, 6) is 0.533. The SMILES string of the molecule is CCCCN(C(=O)COc1ccc(C(C)=O)cc1OC)C1CCS(=O)(=O)C1. The van der Waals surface area contributed by atoms with Crippen molar-refractivity contribution >= 4 is 21.5 Å². The van der Waals surface area contributed by atoms with Gasteiger partial charge in [0.1, 0.15) is 0 Å². The molecule has 8 heteroatoms. The first-order valence-electron chi connectivity index (χ1n) is 9.09. The maximum absolute atomic E-state index is 12.7. The number of unbranched alkanes of at least 4 members (excludes halogenated alkanes) is 1. The van der Waals surface area contributed by atoms with Crippen LogP contribution in [0.3, 0.4) is 0 Å². The number of carbonyl (C=O) groups is 2. The average Bonchev–Trinajstić information content (AvgIpc) is 2.99. The third-order valence-corrected chi connectivity index (χ3v) is 6.39. The zero-order valence-electron chi connectivity index (χ0n) is 16.1. The van der Waals surface area contributed by atoms with E-state index in [0.29, 0.717) is 30.0 Å². The summed E-state index contributed by atoms with van der Waals surface area (Å²) in [5, 5.41) is 0. The largest absolute Gasteiger partial charge is 0.493 e.